The molecule has 0 bridgehead atoms. The van der Waals surface area contributed by atoms with Gasteiger partial charge in [-0.3, -0.25) is 4.79 Å². The zero-order valence-electron chi connectivity index (χ0n) is 7.99. The van der Waals surface area contributed by atoms with Crippen LogP contribution in [0.4, 0.5) is 0 Å². The number of carbonyl (C=O) groups excluding carboxylic acids is 1. The standard InChI is InChI=1S/C10H13NO2S/c1-14-7-2-3-9(12)8(6-7)10(13)4-5-11/h2-3,6,12H,4-5,11H2,1H3. The lowest BCUT2D eigenvalue weighted by atomic mass is 10.1. The summed E-state index contributed by atoms with van der Waals surface area (Å²) < 4.78 is 0. The first-order chi connectivity index (χ1) is 6.69. The van der Waals surface area contributed by atoms with E-state index in [1.54, 1.807) is 12.1 Å². The average Bonchev–Trinajstić information content (AvgIpc) is 2.19. The smallest absolute Gasteiger partial charge is 0.167 e. The van der Waals surface area contributed by atoms with Gasteiger partial charge in [-0.2, -0.15) is 0 Å². The molecule has 3 N–H and O–H groups in total. The third-order valence-electron chi connectivity index (χ3n) is 1.88. The van der Waals surface area contributed by atoms with Gasteiger partial charge in [0.1, 0.15) is 5.75 Å². The minimum Gasteiger partial charge on any atom is -0.507 e. The molecular formula is C10H13NO2S. The molecule has 76 valence electrons. The number of phenolic OH excluding ortho intramolecular Hbond substituents is 1. The first kappa shape index (κ1) is 11.1. The van der Waals surface area contributed by atoms with Gasteiger partial charge >= 0.3 is 0 Å². The summed E-state index contributed by atoms with van der Waals surface area (Å²) in [6.45, 7) is 0.307. The van der Waals surface area contributed by atoms with Crippen LogP contribution in [0.25, 0.3) is 0 Å². The number of thioether (sulfide) groups is 1. The number of hydrogen-bond donors (Lipinski definition) is 2. The number of benzene rings is 1. The Hall–Kier alpha value is -1.00. The van der Waals surface area contributed by atoms with Crippen molar-refractivity contribution in [2.75, 3.05) is 12.8 Å². The second kappa shape index (κ2) is 5.02. The second-order valence-electron chi connectivity index (χ2n) is 2.84. The normalized spacial score (nSPS) is 10.1. The Kier molecular flexibility index (Phi) is 3.98. The van der Waals surface area contributed by atoms with Crippen LogP contribution >= 0.6 is 11.8 Å². The number of aromatic hydroxyl groups is 1. The SMILES string of the molecule is CSc1ccc(O)c(C(=O)CCN)c1. The van der Waals surface area contributed by atoms with Crippen LogP contribution in [0, 0.1) is 0 Å². The maximum atomic E-state index is 11.5. The highest BCUT2D eigenvalue weighted by Gasteiger charge is 2.10. The quantitative estimate of drug-likeness (QED) is 0.587. The van der Waals surface area contributed by atoms with Gasteiger partial charge < -0.3 is 10.8 Å². The topological polar surface area (TPSA) is 63.3 Å². The molecule has 0 aliphatic heterocycles. The summed E-state index contributed by atoms with van der Waals surface area (Å²) in [5.41, 5.74) is 5.64. The summed E-state index contributed by atoms with van der Waals surface area (Å²) in [7, 11) is 0. The molecule has 0 radical (unpaired) electrons. The average molecular weight is 211 g/mol. The van der Waals surface area contributed by atoms with Gasteiger partial charge in [0.15, 0.2) is 5.78 Å². The Morgan fingerprint density at radius 2 is 2.29 bits per heavy atom. The van der Waals surface area contributed by atoms with E-state index in [0.29, 0.717) is 12.1 Å². The van der Waals surface area contributed by atoms with Crippen LogP contribution in [0.1, 0.15) is 16.8 Å². The maximum absolute atomic E-state index is 11.5. The van der Waals surface area contributed by atoms with E-state index in [1.807, 2.05) is 6.26 Å². The van der Waals surface area contributed by atoms with Crippen molar-refractivity contribution in [2.24, 2.45) is 5.73 Å². The van der Waals surface area contributed by atoms with Gasteiger partial charge in [0.2, 0.25) is 0 Å². The van der Waals surface area contributed by atoms with Crippen molar-refractivity contribution in [2.45, 2.75) is 11.3 Å². The van der Waals surface area contributed by atoms with Crippen molar-refractivity contribution in [1.29, 1.82) is 0 Å². The minimum atomic E-state index is -0.110. The Labute approximate surface area is 87.3 Å². The molecule has 3 nitrogen and oxygen atoms in total. The number of phenols is 1. The van der Waals surface area contributed by atoms with E-state index in [4.69, 9.17) is 5.73 Å². The molecule has 0 aliphatic carbocycles. The summed E-state index contributed by atoms with van der Waals surface area (Å²) in [4.78, 5) is 12.4. The van der Waals surface area contributed by atoms with Crippen molar-refractivity contribution in [3.63, 3.8) is 0 Å². The van der Waals surface area contributed by atoms with Crippen molar-refractivity contribution < 1.29 is 9.90 Å². The molecule has 0 fully saturated rings. The summed E-state index contributed by atoms with van der Waals surface area (Å²) >= 11 is 1.53. The highest BCUT2D eigenvalue weighted by Crippen LogP contribution is 2.24. The van der Waals surface area contributed by atoms with Gasteiger partial charge in [-0.25, -0.2) is 0 Å². The van der Waals surface area contributed by atoms with E-state index in [2.05, 4.69) is 0 Å². The molecule has 0 atom stereocenters. The van der Waals surface area contributed by atoms with Crippen molar-refractivity contribution in [3.05, 3.63) is 23.8 Å². The summed E-state index contributed by atoms with van der Waals surface area (Å²) in [5.74, 6) is -0.0813. The van der Waals surface area contributed by atoms with E-state index in [0.717, 1.165) is 4.90 Å². The van der Waals surface area contributed by atoms with E-state index in [9.17, 15) is 9.90 Å². The van der Waals surface area contributed by atoms with E-state index in [-0.39, 0.29) is 18.0 Å². The second-order valence-corrected chi connectivity index (χ2v) is 3.72. The molecule has 0 heterocycles. The molecular weight excluding hydrogens is 198 g/mol. The third kappa shape index (κ3) is 2.49. The molecule has 0 aliphatic rings. The molecule has 1 rings (SSSR count). The molecule has 1 aromatic carbocycles. The van der Waals surface area contributed by atoms with Gasteiger partial charge in [0.25, 0.3) is 0 Å². The maximum Gasteiger partial charge on any atom is 0.167 e. The fourth-order valence-corrected chi connectivity index (χ4v) is 1.57. The fraction of sp³-hybridized carbons (Fsp3) is 0.300. The third-order valence-corrected chi connectivity index (χ3v) is 2.60. The summed E-state index contributed by atoms with van der Waals surface area (Å²) in [6, 6.07) is 5.01. The van der Waals surface area contributed by atoms with Crippen LogP contribution in [0.15, 0.2) is 23.1 Å². The largest absolute Gasteiger partial charge is 0.507 e. The molecule has 4 heteroatoms. The Morgan fingerprint density at radius 3 is 2.86 bits per heavy atom. The number of ketones is 1. The molecule has 0 saturated heterocycles. The zero-order chi connectivity index (χ0) is 10.6. The number of Topliss-reactive ketones (excluding diaryl/α,β-unsaturated/α-hetero) is 1. The highest BCUT2D eigenvalue weighted by atomic mass is 32.2. The van der Waals surface area contributed by atoms with E-state index < -0.39 is 0 Å². The number of carbonyl (C=O) groups is 1. The lowest BCUT2D eigenvalue weighted by Crippen LogP contribution is -2.08. The summed E-state index contributed by atoms with van der Waals surface area (Å²) in [5, 5.41) is 9.46. The van der Waals surface area contributed by atoms with Gasteiger partial charge in [-0.1, -0.05) is 0 Å². The minimum absolute atomic E-state index is 0.0289. The predicted molar refractivity (Wildman–Crippen MR) is 57.9 cm³/mol. The summed E-state index contributed by atoms with van der Waals surface area (Å²) in [6.07, 6.45) is 2.19. The van der Waals surface area contributed by atoms with Crippen LogP contribution in [-0.2, 0) is 0 Å². The van der Waals surface area contributed by atoms with Crippen molar-refractivity contribution in [3.8, 4) is 5.75 Å². The Morgan fingerprint density at radius 1 is 1.57 bits per heavy atom. The van der Waals surface area contributed by atoms with Crippen molar-refractivity contribution >= 4 is 17.5 Å². The number of hydrogen-bond acceptors (Lipinski definition) is 4. The first-order valence-electron chi connectivity index (χ1n) is 4.29. The predicted octanol–water partition coefficient (Wildman–Crippen LogP) is 1.65. The Balaban J connectivity index is 2.99. The van der Waals surface area contributed by atoms with Crippen molar-refractivity contribution in [1.82, 2.24) is 0 Å². The molecule has 1 aromatic rings. The molecule has 0 aromatic heterocycles. The fourth-order valence-electron chi connectivity index (χ4n) is 1.13. The molecule has 0 spiro atoms. The van der Waals surface area contributed by atoms with E-state index >= 15 is 0 Å². The lowest BCUT2D eigenvalue weighted by molar-refractivity contribution is 0.0982. The van der Waals surface area contributed by atoms with E-state index in [1.165, 1.54) is 17.8 Å². The Bertz CT molecular complexity index is 339. The zero-order valence-corrected chi connectivity index (χ0v) is 8.80. The highest BCUT2D eigenvalue weighted by molar-refractivity contribution is 7.98. The number of nitrogens with two attached hydrogens (primary N) is 1. The van der Waals surface area contributed by atoms with Crippen LogP contribution in [0.2, 0.25) is 0 Å². The van der Waals surface area contributed by atoms with Gasteiger partial charge in [-0.15, -0.1) is 11.8 Å². The monoisotopic (exact) mass is 211 g/mol. The molecule has 14 heavy (non-hydrogen) atoms. The first-order valence-corrected chi connectivity index (χ1v) is 5.51. The lowest BCUT2D eigenvalue weighted by Gasteiger charge is -2.04. The number of rotatable bonds is 4. The van der Waals surface area contributed by atoms with Crippen LogP contribution in [-0.4, -0.2) is 23.7 Å². The van der Waals surface area contributed by atoms with Gasteiger partial charge in [-0.05, 0) is 31.0 Å². The van der Waals surface area contributed by atoms with Gasteiger partial charge in [0.05, 0.1) is 5.56 Å². The molecule has 0 amide bonds. The van der Waals surface area contributed by atoms with Gasteiger partial charge in [0, 0.05) is 11.3 Å². The molecule has 0 saturated carbocycles. The van der Waals surface area contributed by atoms with Crippen LogP contribution in [0.3, 0.4) is 0 Å². The van der Waals surface area contributed by atoms with Crippen LogP contribution < -0.4 is 5.73 Å². The molecule has 0 unspecified atom stereocenters. The van der Waals surface area contributed by atoms with Crippen LogP contribution in [0.5, 0.6) is 5.75 Å².